The van der Waals surface area contributed by atoms with Crippen molar-refractivity contribution in [2.75, 3.05) is 36.0 Å². The normalized spacial score (nSPS) is 33.8. The molecule has 3 fully saturated rings. The molecule has 0 unspecified atom stereocenters. The van der Waals surface area contributed by atoms with Crippen LogP contribution in [0.2, 0.25) is 0 Å². The van der Waals surface area contributed by atoms with E-state index in [0.717, 1.165) is 30.3 Å². The zero-order chi connectivity index (χ0) is 19.5. The SMILES string of the molecule is CC(C)c1ccc(N2C[C@]34C=C[C@H](O3)[C@@H](C(=O)N3CCSCC3)[C@@H]4C2=O)cc1. The Hall–Kier alpha value is -1.79. The second-order valence-electron chi connectivity index (χ2n) is 8.51. The fourth-order valence-corrected chi connectivity index (χ4v) is 5.94. The van der Waals surface area contributed by atoms with Crippen LogP contribution in [0.4, 0.5) is 5.69 Å². The molecule has 0 N–H and O–H groups in total. The summed E-state index contributed by atoms with van der Waals surface area (Å²) in [5.41, 5.74) is 1.49. The smallest absolute Gasteiger partial charge is 0.234 e. The molecule has 3 saturated heterocycles. The van der Waals surface area contributed by atoms with E-state index >= 15 is 0 Å². The van der Waals surface area contributed by atoms with Gasteiger partial charge in [0.05, 0.1) is 24.5 Å². The average Bonchev–Trinajstić information content (AvgIpc) is 3.36. The quantitative estimate of drug-likeness (QED) is 0.735. The van der Waals surface area contributed by atoms with Crippen LogP contribution in [-0.4, -0.2) is 59.6 Å². The van der Waals surface area contributed by atoms with E-state index in [9.17, 15) is 9.59 Å². The summed E-state index contributed by atoms with van der Waals surface area (Å²) < 4.78 is 6.27. The summed E-state index contributed by atoms with van der Waals surface area (Å²) >= 11 is 1.88. The molecule has 1 aromatic rings. The van der Waals surface area contributed by atoms with Gasteiger partial charge in [-0.05, 0) is 23.6 Å². The average molecular weight is 399 g/mol. The van der Waals surface area contributed by atoms with Crippen molar-refractivity contribution < 1.29 is 14.3 Å². The molecule has 0 saturated carbocycles. The van der Waals surface area contributed by atoms with E-state index in [1.165, 1.54) is 5.56 Å². The number of anilines is 1. The Kier molecular flexibility index (Phi) is 4.32. The maximum atomic E-state index is 13.4. The Balaban J connectivity index is 1.43. The van der Waals surface area contributed by atoms with Crippen LogP contribution in [-0.2, 0) is 14.3 Å². The first kappa shape index (κ1) is 18.3. The number of nitrogens with zero attached hydrogens (tertiary/aromatic N) is 2. The number of benzene rings is 1. The van der Waals surface area contributed by atoms with E-state index in [2.05, 4.69) is 26.0 Å². The summed E-state index contributed by atoms with van der Waals surface area (Å²) in [6.07, 6.45) is 3.76. The van der Waals surface area contributed by atoms with E-state index in [0.29, 0.717) is 12.5 Å². The molecule has 0 radical (unpaired) electrons. The molecule has 0 aromatic heterocycles. The van der Waals surface area contributed by atoms with Crippen LogP contribution in [0.25, 0.3) is 0 Å². The van der Waals surface area contributed by atoms with Gasteiger partial charge >= 0.3 is 0 Å². The highest BCUT2D eigenvalue weighted by Crippen LogP contribution is 2.53. The van der Waals surface area contributed by atoms with Gasteiger partial charge in [0.1, 0.15) is 5.60 Å². The fraction of sp³-hybridized carbons (Fsp3) is 0.545. The van der Waals surface area contributed by atoms with Gasteiger partial charge in [0.15, 0.2) is 0 Å². The molecule has 6 heteroatoms. The highest BCUT2D eigenvalue weighted by molar-refractivity contribution is 7.99. The predicted octanol–water partition coefficient (Wildman–Crippen LogP) is 2.67. The number of ether oxygens (including phenoxy) is 1. The summed E-state index contributed by atoms with van der Waals surface area (Å²) in [6, 6.07) is 8.20. The summed E-state index contributed by atoms with van der Waals surface area (Å²) in [6.45, 7) is 6.34. The van der Waals surface area contributed by atoms with Crippen LogP contribution in [0, 0.1) is 11.8 Å². The molecule has 4 aliphatic rings. The van der Waals surface area contributed by atoms with E-state index in [1.54, 1.807) is 0 Å². The largest absolute Gasteiger partial charge is 0.360 e. The first-order chi connectivity index (χ1) is 13.5. The molecule has 4 heterocycles. The third kappa shape index (κ3) is 2.65. The molecule has 5 nitrogen and oxygen atoms in total. The number of thioether (sulfide) groups is 1. The zero-order valence-electron chi connectivity index (χ0n) is 16.3. The Morgan fingerprint density at radius 1 is 1.21 bits per heavy atom. The Morgan fingerprint density at radius 2 is 1.93 bits per heavy atom. The van der Waals surface area contributed by atoms with Crippen molar-refractivity contribution in [2.24, 2.45) is 11.8 Å². The van der Waals surface area contributed by atoms with Crippen LogP contribution in [0.3, 0.4) is 0 Å². The maximum Gasteiger partial charge on any atom is 0.234 e. The molecule has 1 spiro atoms. The van der Waals surface area contributed by atoms with Gasteiger partial charge < -0.3 is 14.5 Å². The molecule has 148 valence electrons. The Morgan fingerprint density at radius 3 is 2.61 bits per heavy atom. The van der Waals surface area contributed by atoms with E-state index in [4.69, 9.17) is 4.74 Å². The lowest BCUT2D eigenvalue weighted by atomic mass is 9.76. The van der Waals surface area contributed by atoms with Gasteiger partial charge in [-0.15, -0.1) is 0 Å². The molecular weight excluding hydrogens is 372 g/mol. The minimum absolute atomic E-state index is 0.0221. The molecule has 0 aliphatic carbocycles. The van der Waals surface area contributed by atoms with Crippen molar-refractivity contribution in [3.05, 3.63) is 42.0 Å². The molecular formula is C22H26N2O3S. The first-order valence-electron chi connectivity index (χ1n) is 10.2. The number of hydrogen-bond acceptors (Lipinski definition) is 4. The third-order valence-electron chi connectivity index (χ3n) is 6.58. The van der Waals surface area contributed by atoms with Crippen LogP contribution in [0.15, 0.2) is 36.4 Å². The number of amides is 2. The van der Waals surface area contributed by atoms with Crippen LogP contribution in [0.5, 0.6) is 0 Å². The number of hydrogen-bond donors (Lipinski definition) is 0. The summed E-state index contributed by atoms with van der Waals surface area (Å²) in [7, 11) is 0. The van der Waals surface area contributed by atoms with Crippen LogP contribution < -0.4 is 4.90 Å². The first-order valence-corrected chi connectivity index (χ1v) is 11.3. The fourth-order valence-electron chi connectivity index (χ4n) is 5.03. The lowest BCUT2D eigenvalue weighted by Gasteiger charge is -2.32. The standard InChI is InChI=1S/C22H26N2O3S/c1-14(2)15-3-5-16(6-4-15)24-13-22-8-7-17(27-22)18(19(22)21(24)26)20(25)23-9-11-28-12-10-23/h3-8,14,17-19H,9-13H2,1-2H3/t17-,18+,19+,22-/m0/s1. The molecule has 5 rings (SSSR count). The molecule has 2 bridgehead atoms. The lowest BCUT2D eigenvalue weighted by molar-refractivity contribution is -0.140. The van der Waals surface area contributed by atoms with Gasteiger partial charge in [0.2, 0.25) is 11.8 Å². The molecule has 2 amide bonds. The van der Waals surface area contributed by atoms with Gasteiger partial charge in [-0.3, -0.25) is 9.59 Å². The van der Waals surface area contributed by atoms with Crippen molar-refractivity contribution in [1.29, 1.82) is 0 Å². The van der Waals surface area contributed by atoms with Crippen molar-refractivity contribution >= 4 is 29.3 Å². The van der Waals surface area contributed by atoms with Crippen molar-refractivity contribution in [3.63, 3.8) is 0 Å². The van der Waals surface area contributed by atoms with E-state index in [1.807, 2.05) is 45.8 Å². The van der Waals surface area contributed by atoms with Crippen molar-refractivity contribution in [1.82, 2.24) is 4.90 Å². The topological polar surface area (TPSA) is 49.9 Å². The number of carbonyl (C=O) groups excluding carboxylic acids is 2. The molecule has 4 atom stereocenters. The van der Waals surface area contributed by atoms with Gasteiger partial charge in [-0.2, -0.15) is 11.8 Å². The molecule has 1 aromatic carbocycles. The van der Waals surface area contributed by atoms with Crippen molar-refractivity contribution in [3.8, 4) is 0 Å². The van der Waals surface area contributed by atoms with Gasteiger partial charge in [-0.1, -0.05) is 38.1 Å². The van der Waals surface area contributed by atoms with E-state index in [-0.39, 0.29) is 23.8 Å². The minimum atomic E-state index is -0.649. The second kappa shape index (κ2) is 6.63. The minimum Gasteiger partial charge on any atom is -0.360 e. The highest BCUT2D eigenvalue weighted by Gasteiger charge is 2.67. The molecule has 4 aliphatic heterocycles. The molecule has 28 heavy (non-hydrogen) atoms. The van der Waals surface area contributed by atoms with Crippen LogP contribution in [0.1, 0.15) is 25.3 Å². The van der Waals surface area contributed by atoms with Gasteiger partial charge in [0, 0.05) is 30.3 Å². The maximum absolute atomic E-state index is 13.4. The number of rotatable bonds is 3. The van der Waals surface area contributed by atoms with Gasteiger partial charge in [-0.25, -0.2) is 0 Å². The summed E-state index contributed by atoms with van der Waals surface area (Å²) in [5.74, 6) is 1.71. The monoisotopic (exact) mass is 398 g/mol. The van der Waals surface area contributed by atoms with Gasteiger partial charge in [0.25, 0.3) is 0 Å². The Bertz CT molecular complexity index is 831. The Labute approximate surface area is 170 Å². The number of fused-ring (bicyclic) bond motifs is 1. The second-order valence-corrected chi connectivity index (χ2v) is 9.73. The zero-order valence-corrected chi connectivity index (χ0v) is 17.2. The number of carbonyl (C=O) groups is 2. The van der Waals surface area contributed by atoms with Crippen LogP contribution >= 0.6 is 11.8 Å². The third-order valence-corrected chi connectivity index (χ3v) is 7.52. The summed E-state index contributed by atoms with van der Waals surface area (Å²) in [5, 5.41) is 0. The van der Waals surface area contributed by atoms with E-state index < -0.39 is 11.5 Å². The predicted molar refractivity (Wildman–Crippen MR) is 111 cm³/mol. The van der Waals surface area contributed by atoms with Crippen molar-refractivity contribution in [2.45, 2.75) is 31.5 Å². The highest BCUT2D eigenvalue weighted by atomic mass is 32.2. The lowest BCUT2D eigenvalue weighted by Crippen LogP contribution is -2.48. The summed E-state index contributed by atoms with van der Waals surface area (Å²) in [4.78, 5) is 30.4.